The van der Waals surface area contributed by atoms with Crippen molar-refractivity contribution in [2.24, 2.45) is 5.92 Å². The van der Waals surface area contributed by atoms with Crippen molar-refractivity contribution in [1.82, 2.24) is 10.2 Å². The van der Waals surface area contributed by atoms with Gasteiger partial charge in [0.05, 0.1) is 6.54 Å². The molecule has 0 radical (unpaired) electrons. The third-order valence-corrected chi connectivity index (χ3v) is 3.69. The molecular formula is C15H26N2O. The predicted molar refractivity (Wildman–Crippen MR) is 74.6 cm³/mol. The van der Waals surface area contributed by atoms with Crippen molar-refractivity contribution in [3.05, 3.63) is 23.7 Å². The fourth-order valence-corrected chi connectivity index (χ4v) is 2.76. The lowest BCUT2D eigenvalue weighted by molar-refractivity contribution is 0.169. The van der Waals surface area contributed by atoms with Gasteiger partial charge in [-0.15, -0.1) is 0 Å². The number of furan rings is 1. The SMILES string of the molecule is Cc1ccc(CNC(C)CN2CCCC(C)C2)o1. The number of rotatable bonds is 5. The average Bonchev–Trinajstić information content (AvgIpc) is 2.73. The molecule has 3 nitrogen and oxygen atoms in total. The zero-order chi connectivity index (χ0) is 13.0. The summed E-state index contributed by atoms with van der Waals surface area (Å²) in [7, 11) is 0. The molecule has 1 aromatic rings. The first-order valence-electron chi connectivity index (χ1n) is 7.14. The molecule has 0 spiro atoms. The van der Waals surface area contributed by atoms with E-state index in [4.69, 9.17) is 4.42 Å². The Morgan fingerprint density at radius 1 is 1.50 bits per heavy atom. The summed E-state index contributed by atoms with van der Waals surface area (Å²) < 4.78 is 5.56. The van der Waals surface area contributed by atoms with E-state index < -0.39 is 0 Å². The molecule has 0 saturated carbocycles. The van der Waals surface area contributed by atoms with Gasteiger partial charge in [-0.05, 0) is 51.3 Å². The maximum absolute atomic E-state index is 5.56. The van der Waals surface area contributed by atoms with Crippen LogP contribution in [0.1, 0.15) is 38.2 Å². The van der Waals surface area contributed by atoms with Crippen LogP contribution in [0.4, 0.5) is 0 Å². The molecule has 1 fully saturated rings. The molecule has 3 heteroatoms. The van der Waals surface area contributed by atoms with Crippen LogP contribution >= 0.6 is 0 Å². The highest BCUT2D eigenvalue weighted by molar-refractivity contribution is 5.05. The Bertz CT molecular complexity index is 361. The van der Waals surface area contributed by atoms with Crippen LogP contribution in [-0.4, -0.2) is 30.6 Å². The van der Waals surface area contributed by atoms with E-state index in [0.717, 1.165) is 30.5 Å². The van der Waals surface area contributed by atoms with Gasteiger partial charge in [0.2, 0.25) is 0 Å². The van der Waals surface area contributed by atoms with E-state index in [1.54, 1.807) is 0 Å². The maximum Gasteiger partial charge on any atom is 0.117 e. The molecule has 2 atom stereocenters. The summed E-state index contributed by atoms with van der Waals surface area (Å²) in [4.78, 5) is 2.58. The second-order valence-corrected chi connectivity index (χ2v) is 5.80. The van der Waals surface area contributed by atoms with Gasteiger partial charge in [0.15, 0.2) is 0 Å². The predicted octanol–water partition coefficient (Wildman–Crippen LogP) is 2.80. The maximum atomic E-state index is 5.56. The van der Waals surface area contributed by atoms with Crippen LogP contribution in [-0.2, 0) is 6.54 Å². The average molecular weight is 250 g/mol. The topological polar surface area (TPSA) is 28.4 Å². The summed E-state index contributed by atoms with van der Waals surface area (Å²) in [6.07, 6.45) is 2.75. The fourth-order valence-electron chi connectivity index (χ4n) is 2.76. The molecule has 0 bridgehead atoms. The zero-order valence-electron chi connectivity index (χ0n) is 11.9. The van der Waals surface area contributed by atoms with Crippen molar-refractivity contribution in [2.75, 3.05) is 19.6 Å². The third-order valence-electron chi connectivity index (χ3n) is 3.69. The molecule has 2 heterocycles. The standard InChI is InChI=1S/C15H26N2O/c1-12-5-4-8-17(10-12)11-13(2)16-9-15-7-6-14(3)18-15/h6-7,12-13,16H,4-5,8-11H2,1-3H3. The molecule has 0 amide bonds. The highest BCUT2D eigenvalue weighted by atomic mass is 16.3. The lowest BCUT2D eigenvalue weighted by Gasteiger charge is -2.32. The molecule has 1 saturated heterocycles. The number of nitrogens with one attached hydrogen (secondary N) is 1. The first-order chi connectivity index (χ1) is 8.63. The Kier molecular flexibility index (Phi) is 4.84. The minimum atomic E-state index is 0.515. The summed E-state index contributed by atoms with van der Waals surface area (Å²) >= 11 is 0. The Labute approximate surface area is 111 Å². The minimum Gasteiger partial charge on any atom is -0.465 e. The molecule has 2 unspecified atom stereocenters. The highest BCUT2D eigenvalue weighted by Gasteiger charge is 2.17. The third kappa shape index (κ3) is 4.14. The van der Waals surface area contributed by atoms with Crippen LogP contribution in [0.3, 0.4) is 0 Å². The van der Waals surface area contributed by atoms with Gasteiger partial charge in [0.1, 0.15) is 11.5 Å². The van der Waals surface area contributed by atoms with Crippen LogP contribution in [0.5, 0.6) is 0 Å². The van der Waals surface area contributed by atoms with Gasteiger partial charge in [-0.1, -0.05) is 6.92 Å². The Morgan fingerprint density at radius 2 is 2.33 bits per heavy atom. The quantitative estimate of drug-likeness (QED) is 0.871. The van der Waals surface area contributed by atoms with Crippen LogP contribution in [0.25, 0.3) is 0 Å². The van der Waals surface area contributed by atoms with Crippen molar-refractivity contribution in [3.63, 3.8) is 0 Å². The van der Waals surface area contributed by atoms with E-state index >= 15 is 0 Å². The lowest BCUT2D eigenvalue weighted by Crippen LogP contribution is -2.43. The van der Waals surface area contributed by atoms with Crippen LogP contribution < -0.4 is 5.32 Å². The normalized spacial score (nSPS) is 23.2. The molecule has 1 N–H and O–H groups in total. The highest BCUT2D eigenvalue weighted by Crippen LogP contribution is 2.15. The monoisotopic (exact) mass is 250 g/mol. The molecule has 1 aromatic heterocycles. The second kappa shape index (κ2) is 6.39. The van der Waals surface area contributed by atoms with Gasteiger partial charge in [-0.3, -0.25) is 0 Å². The Hall–Kier alpha value is -0.800. The number of hydrogen-bond acceptors (Lipinski definition) is 3. The first-order valence-corrected chi connectivity index (χ1v) is 7.14. The summed E-state index contributed by atoms with van der Waals surface area (Å²) in [6.45, 7) is 11.1. The summed E-state index contributed by atoms with van der Waals surface area (Å²) in [5.41, 5.74) is 0. The van der Waals surface area contributed by atoms with Crippen molar-refractivity contribution < 1.29 is 4.42 Å². The molecule has 1 aliphatic rings. The van der Waals surface area contributed by atoms with Gasteiger partial charge < -0.3 is 14.6 Å². The molecule has 0 aliphatic carbocycles. The Balaban J connectivity index is 1.69. The molecule has 18 heavy (non-hydrogen) atoms. The first kappa shape index (κ1) is 13.6. The van der Waals surface area contributed by atoms with E-state index in [-0.39, 0.29) is 0 Å². The molecule has 1 aliphatic heterocycles. The Morgan fingerprint density at radius 3 is 3.00 bits per heavy atom. The smallest absolute Gasteiger partial charge is 0.117 e. The van der Waals surface area contributed by atoms with E-state index in [1.165, 1.54) is 25.9 Å². The number of nitrogens with zero attached hydrogens (tertiary/aromatic N) is 1. The zero-order valence-corrected chi connectivity index (χ0v) is 11.9. The summed E-state index contributed by atoms with van der Waals surface area (Å²) in [5, 5.41) is 3.54. The van der Waals surface area contributed by atoms with E-state index in [1.807, 2.05) is 13.0 Å². The van der Waals surface area contributed by atoms with E-state index in [0.29, 0.717) is 6.04 Å². The lowest BCUT2D eigenvalue weighted by atomic mass is 10.00. The minimum absolute atomic E-state index is 0.515. The summed E-state index contributed by atoms with van der Waals surface area (Å²) in [5.74, 6) is 2.88. The van der Waals surface area contributed by atoms with Crippen molar-refractivity contribution >= 4 is 0 Å². The van der Waals surface area contributed by atoms with Crippen LogP contribution in [0, 0.1) is 12.8 Å². The molecule has 0 aromatic carbocycles. The molecule has 102 valence electrons. The van der Waals surface area contributed by atoms with Gasteiger partial charge in [-0.25, -0.2) is 0 Å². The summed E-state index contributed by atoms with van der Waals surface area (Å²) in [6, 6.07) is 4.59. The van der Waals surface area contributed by atoms with Gasteiger partial charge in [0.25, 0.3) is 0 Å². The number of likely N-dealkylation sites (tertiary alicyclic amines) is 1. The number of hydrogen-bond donors (Lipinski definition) is 1. The van der Waals surface area contributed by atoms with Crippen molar-refractivity contribution in [3.8, 4) is 0 Å². The van der Waals surface area contributed by atoms with Gasteiger partial charge in [-0.2, -0.15) is 0 Å². The van der Waals surface area contributed by atoms with Crippen LogP contribution in [0.2, 0.25) is 0 Å². The van der Waals surface area contributed by atoms with Crippen LogP contribution in [0.15, 0.2) is 16.5 Å². The molecular weight excluding hydrogens is 224 g/mol. The van der Waals surface area contributed by atoms with Crippen molar-refractivity contribution in [1.29, 1.82) is 0 Å². The number of piperidine rings is 1. The van der Waals surface area contributed by atoms with Crippen molar-refractivity contribution in [2.45, 2.75) is 46.2 Å². The fraction of sp³-hybridized carbons (Fsp3) is 0.733. The van der Waals surface area contributed by atoms with Gasteiger partial charge >= 0.3 is 0 Å². The van der Waals surface area contributed by atoms with E-state index in [9.17, 15) is 0 Å². The molecule has 2 rings (SSSR count). The van der Waals surface area contributed by atoms with Gasteiger partial charge in [0, 0.05) is 19.1 Å². The number of aryl methyl sites for hydroxylation is 1. The second-order valence-electron chi connectivity index (χ2n) is 5.80. The largest absolute Gasteiger partial charge is 0.465 e. The van der Waals surface area contributed by atoms with E-state index in [2.05, 4.69) is 30.1 Å².